The second kappa shape index (κ2) is 6.80. The largest absolute Gasteiger partial charge is 0.339 e. The van der Waals surface area contributed by atoms with Gasteiger partial charge in [0.05, 0.1) is 0 Å². The molecule has 0 unspecified atom stereocenters. The van der Waals surface area contributed by atoms with Gasteiger partial charge in [-0.3, -0.25) is 4.79 Å². The van der Waals surface area contributed by atoms with Crippen LogP contribution in [0.3, 0.4) is 0 Å². The van der Waals surface area contributed by atoms with E-state index in [0.717, 1.165) is 41.5 Å². The van der Waals surface area contributed by atoms with E-state index < -0.39 is 0 Å². The summed E-state index contributed by atoms with van der Waals surface area (Å²) in [5.74, 6) is 0.143. The summed E-state index contributed by atoms with van der Waals surface area (Å²) in [6.45, 7) is 7.87. The van der Waals surface area contributed by atoms with Crippen molar-refractivity contribution in [2.75, 3.05) is 13.1 Å². The first-order chi connectivity index (χ1) is 8.10. The van der Waals surface area contributed by atoms with Gasteiger partial charge in [0.25, 0.3) is 5.91 Å². The third kappa shape index (κ3) is 3.84. The van der Waals surface area contributed by atoms with Crippen LogP contribution in [-0.2, 0) is 0 Å². The summed E-state index contributed by atoms with van der Waals surface area (Å²) in [4.78, 5) is 14.2. The van der Waals surface area contributed by atoms with E-state index in [0.29, 0.717) is 0 Å². The molecule has 0 spiro atoms. The minimum atomic E-state index is 0.143. The quantitative estimate of drug-likeness (QED) is 0.804. The number of hydrogen-bond acceptors (Lipinski definition) is 1. The summed E-state index contributed by atoms with van der Waals surface area (Å²) in [5.41, 5.74) is 1.89. The molecule has 0 saturated carbocycles. The van der Waals surface area contributed by atoms with Gasteiger partial charge in [-0.2, -0.15) is 0 Å². The van der Waals surface area contributed by atoms with Gasteiger partial charge in [0.1, 0.15) is 0 Å². The lowest BCUT2D eigenvalue weighted by Crippen LogP contribution is -2.32. The minimum absolute atomic E-state index is 0.143. The van der Waals surface area contributed by atoms with E-state index in [1.165, 1.54) is 0 Å². The van der Waals surface area contributed by atoms with Gasteiger partial charge in [-0.1, -0.05) is 29.8 Å². The van der Waals surface area contributed by atoms with Gasteiger partial charge in [-0.15, -0.1) is 0 Å². The van der Waals surface area contributed by atoms with E-state index in [2.05, 4.69) is 29.8 Å². The van der Waals surface area contributed by atoms with Crippen LogP contribution in [0.2, 0.25) is 0 Å². The molecule has 3 heteroatoms. The smallest absolute Gasteiger partial charge is 0.253 e. The fraction of sp³-hybridized carbons (Fsp3) is 0.500. The van der Waals surface area contributed by atoms with Crippen LogP contribution in [0.1, 0.15) is 42.6 Å². The minimum Gasteiger partial charge on any atom is -0.339 e. The normalized spacial score (nSPS) is 10.4. The maximum Gasteiger partial charge on any atom is 0.253 e. The number of carbonyl (C=O) groups is 1. The maximum atomic E-state index is 12.3. The average molecular weight is 298 g/mol. The SMILES string of the molecule is CCCN(CCC)C(=O)c1ccc(Br)c(C)c1. The molecule has 0 aliphatic carbocycles. The molecule has 0 aliphatic rings. The first kappa shape index (κ1) is 14.2. The number of aryl methyl sites for hydroxylation is 1. The highest BCUT2D eigenvalue weighted by molar-refractivity contribution is 9.10. The number of nitrogens with zero attached hydrogens (tertiary/aromatic N) is 1. The zero-order chi connectivity index (χ0) is 12.8. The van der Waals surface area contributed by atoms with Crippen LogP contribution in [0.4, 0.5) is 0 Å². The third-order valence-electron chi connectivity index (χ3n) is 2.68. The molecular weight excluding hydrogens is 278 g/mol. The van der Waals surface area contributed by atoms with E-state index in [1.54, 1.807) is 0 Å². The first-order valence-electron chi connectivity index (χ1n) is 6.15. The van der Waals surface area contributed by atoms with Crippen molar-refractivity contribution in [3.05, 3.63) is 33.8 Å². The number of carbonyl (C=O) groups excluding carboxylic acids is 1. The van der Waals surface area contributed by atoms with Crippen molar-refractivity contribution in [3.8, 4) is 0 Å². The molecule has 1 rings (SSSR count). The Balaban J connectivity index is 2.88. The Morgan fingerprint density at radius 3 is 2.29 bits per heavy atom. The Labute approximate surface area is 112 Å². The first-order valence-corrected chi connectivity index (χ1v) is 6.94. The van der Waals surface area contributed by atoms with Crippen molar-refractivity contribution < 1.29 is 4.79 Å². The Morgan fingerprint density at radius 1 is 1.24 bits per heavy atom. The van der Waals surface area contributed by atoms with Crippen LogP contribution >= 0.6 is 15.9 Å². The lowest BCUT2D eigenvalue weighted by Gasteiger charge is -2.21. The van der Waals surface area contributed by atoms with Gasteiger partial charge in [-0.25, -0.2) is 0 Å². The van der Waals surface area contributed by atoms with Gasteiger partial charge >= 0.3 is 0 Å². The van der Waals surface area contributed by atoms with Crippen LogP contribution in [0.5, 0.6) is 0 Å². The highest BCUT2D eigenvalue weighted by atomic mass is 79.9. The lowest BCUT2D eigenvalue weighted by atomic mass is 10.1. The third-order valence-corrected chi connectivity index (χ3v) is 3.57. The van der Waals surface area contributed by atoms with Crippen LogP contribution in [0, 0.1) is 6.92 Å². The summed E-state index contributed by atoms with van der Waals surface area (Å²) in [7, 11) is 0. The predicted molar refractivity (Wildman–Crippen MR) is 75.4 cm³/mol. The Kier molecular flexibility index (Phi) is 5.69. The van der Waals surface area contributed by atoms with Crippen molar-refractivity contribution in [2.24, 2.45) is 0 Å². The van der Waals surface area contributed by atoms with E-state index in [4.69, 9.17) is 0 Å². The Hall–Kier alpha value is -0.830. The molecule has 1 aromatic carbocycles. The molecule has 17 heavy (non-hydrogen) atoms. The second-order valence-electron chi connectivity index (χ2n) is 4.26. The highest BCUT2D eigenvalue weighted by Gasteiger charge is 2.14. The van der Waals surface area contributed by atoms with Crippen molar-refractivity contribution >= 4 is 21.8 Å². The molecule has 0 aromatic heterocycles. The lowest BCUT2D eigenvalue weighted by molar-refractivity contribution is 0.0755. The molecule has 0 heterocycles. The summed E-state index contributed by atoms with van der Waals surface area (Å²) in [5, 5.41) is 0. The highest BCUT2D eigenvalue weighted by Crippen LogP contribution is 2.18. The van der Waals surface area contributed by atoms with Crippen molar-refractivity contribution in [2.45, 2.75) is 33.6 Å². The number of halogens is 1. The summed E-state index contributed by atoms with van der Waals surface area (Å²) >= 11 is 3.45. The van der Waals surface area contributed by atoms with Crippen molar-refractivity contribution in [1.29, 1.82) is 0 Å². The molecule has 0 saturated heterocycles. The van der Waals surface area contributed by atoms with Crippen molar-refractivity contribution in [1.82, 2.24) is 4.90 Å². The molecule has 0 N–H and O–H groups in total. The number of amides is 1. The van der Waals surface area contributed by atoms with E-state index in [-0.39, 0.29) is 5.91 Å². The van der Waals surface area contributed by atoms with Crippen LogP contribution in [-0.4, -0.2) is 23.9 Å². The summed E-state index contributed by atoms with van der Waals surface area (Å²) < 4.78 is 1.05. The van der Waals surface area contributed by atoms with Gasteiger partial charge in [0.2, 0.25) is 0 Å². The second-order valence-corrected chi connectivity index (χ2v) is 5.11. The number of rotatable bonds is 5. The molecule has 0 atom stereocenters. The fourth-order valence-corrected chi connectivity index (χ4v) is 2.06. The van der Waals surface area contributed by atoms with Gasteiger partial charge in [0, 0.05) is 23.1 Å². The molecule has 1 aromatic rings. The molecule has 0 aliphatic heterocycles. The van der Waals surface area contributed by atoms with E-state index >= 15 is 0 Å². The predicted octanol–water partition coefficient (Wildman–Crippen LogP) is 4.02. The molecule has 0 fully saturated rings. The monoisotopic (exact) mass is 297 g/mol. The van der Waals surface area contributed by atoms with E-state index in [1.807, 2.05) is 30.0 Å². The molecule has 1 amide bonds. The standard InChI is InChI=1S/C14H20BrNO/c1-4-8-16(9-5-2)14(17)12-6-7-13(15)11(3)10-12/h6-7,10H,4-5,8-9H2,1-3H3. The van der Waals surface area contributed by atoms with E-state index in [9.17, 15) is 4.79 Å². The van der Waals surface area contributed by atoms with Gasteiger partial charge in [-0.05, 0) is 43.5 Å². The molecule has 2 nitrogen and oxygen atoms in total. The van der Waals surface area contributed by atoms with Crippen LogP contribution < -0.4 is 0 Å². The number of benzene rings is 1. The van der Waals surface area contributed by atoms with Gasteiger partial charge in [0.15, 0.2) is 0 Å². The zero-order valence-corrected chi connectivity index (χ0v) is 12.4. The maximum absolute atomic E-state index is 12.3. The Bertz CT molecular complexity index is 384. The number of hydrogen-bond donors (Lipinski definition) is 0. The average Bonchev–Trinajstić information content (AvgIpc) is 2.31. The molecular formula is C14H20BrNO. The molecule has 0 bridgehead atoms. The fourth-order valence-electron chi connectivity index (χ4n) is 1.82. The topological polar surface area (TPSA) is 20.3 Å². The zero-order valence-electron chi connectivity index (χ0n) is 10.8. The Morgan fingerprint density at radius 2 is 1.82 bits per heavy atom. The van der Waals surface area contributed by atoms with Crippen molar-refractivity contribution in [3.63, 3.8) is 0 Å². The van der Waals surface area contributed by atoms with Crippen LogP contribution in [0.25, 0.3) is 0 Å². The molecule has 94 valence electrons. The van der Waals surface area contributed by atoms with Crippen LogP contribution in [0.15, 0.2) is 22.7 Å². The molecule has 0 radical (unpaired) electrons. The summed E-state index contributed by atoms with van der Waals surface area (Å²) in [6.07, 6.45) is 2.00. The van der Waals surface area contributed by atoms with Gasteiger partial charge < -0.3 is 4.90 Å². The summed E-state index contributed by atoms with van der Waals surface area (Å²) in [6, 6.07) is 5.78.